The maximum absolute atomic E-state index is 9.36. The van der Waals surface area contributed by atoms with E-state index in [0.717, 1.165) is 6.54 Å². The smallest absolute Gasteiger partial charge is 0.0897 e. The molecule has 0 fully saturated rings. The molecule has 74 valence electrons. The molecule has 0 aliphatic heterocycles. The minimum absolute atomic E-state index is 0.160. The number of nitrogens with one attached hydrogen (secondary N) is 1. The summed E-state index contributed by atoms with van der Waals surface area (Å²) in [5.41, 5.74) is -0.160. The Bertz CT molecular complexity index is 110. The molecule has 3 nitrogen and oxygen atoms in total. The van der Waals surface area contributed by atoms with Crippen LogP contribution < -0.4 is 5.32 Å². The van der Waals surface area contributed by atoms with Crippen molar-refractivity contribution < 1.29 is 9.84 Å². The van der Waals surface area contributed by atoms with E-state index >= 15 is 0 Å². The fourth-order valence-electron chi connectivity index (χ4n) is 0.716. The Hall–Kier alpha value is -0.120. The Labute approximate surface area is 75.1 Å². The first-order valence-corrected chi connectivity index (χ1v) is 4.48. The highest BCUT2D eigenvalue weighted by molar-refractivity contribution is 4.63. The molecule has 0 amide bonds. The summed E-state index contributed by atoms with van der Waals surface area (Å²) in [7, 11) is 0. The molecule has 0 bridgehead atoms. The van der Waals surface area contributed by atoms with E-state index in [-0.39, 0.29) is 5.60 Å². The fourth-order valence-corrected chi connectivity index (χ4v) is 0.716. The van der Waals surface area contributed by atoms with Gasteiger partial charge in [0.15, 0.2) is 0 Å². The molecule has 0 aromatic rings. The van der Waals surface area contributed by atoms with E-state index in [4.69, 9.17) is 4.74 Å². The summed E-state index contributed by atoms with van der Waals surface area (Å²) in [6.45, 7) is 9.83. The highest BCUT2D eigenvalue weighted by atomic mass is 16.5. The van der Waals surface area contributed by atoms with Gasteiger partial charge in [-0.05, 0) is 27.3 Å². The molecule has 3 heteroatoms. The SMILES string of the molecule is CCNCC(O)COC(C)(C)C. The van der Waals surface area contributed by atoms with Gasteiger partial charge >= 0.3 is 0 Å². The van der Waals surface area contributed by atoms with E-state index in [1.54, 1.807) is 0 Å². The molecule has 1 unspecified atom stereocenters. The van der Waals surface area contributed by atoms with Crippen molar-refractivity contribution in [1.82, 2.24) is 5.32 Å². The van der Waals surface area contributed by atoms with Crippen LogP contribution in [0.1, 0.15) is 27.7 Å². The lowest BCUT2D eigenvalue weighted by Gasteiger charge is -2.21. The van der Waals surface area contributed by atoms with Gasteiger partial charge in [-0.1, -0.05) is 6.92 Å². The molecule has 0 aliphatic carbocycles. The molecule has 0 saturated carbocycles. The number of hydrogen-bond acceptors (Lipinski definition) is 3. The highest BCUT2D eigenvalue weighted by Crippen LogP contribution is 2.06. The molecular formula is C9H21NO2. The molecule has 0 aromatic heterocycles. The summed E-state index contributed by atoms with van der Waals surface area (Å²) in [6.07, 6.45) is -0.399. The van der Waals surface area contributed by atoms with E-state index in [1.807, 2.05) is 27.7 Å². The Balaban J connectivity index is 3.37. The summed E-state index contributed by atoms with van der Waals surface area (Å²) in [5, 5.41) is 12.4. The quantitative estimate of drug-likeness (QED) is 0.648. The van der Waals surface area contributed by atoms with Crippen LogP contribution in [0.4, 0.5) is 0 Å². The second-order valence-electron chi connectivity index (χ2n) is 3.88. The van der Waals surface area contributed by atoms with Crippen molar-refractivity contribution in [3.63, 3.8) is 0 Å². The molecule has 0 spiro atoms. The zero-order valence-corrected chi connectivity index (χ0v) is 8.55. The van der Waals surface area contributed by atoms with Crippen LogP contribution in [0.25, 0.3) is 0 Å². The van der Waals surface area contributed by atoms with Gasteiger partial charge in [-0.15, -0.1) is 0 Å². The predicted molar refractivity (Wildman–Crippen MR) is 50.3 cm³/mol. The number of ether oxygens (including phenoxy) is 1. The number of aliphatic hydroxyl groups is 1. The van der Waals surface area contributed by atoms with Crippen LogP contribution in [-0.2, 0) is 4.74 Å². The van der Waals surface area contributed by atoms with Crippen molar-refractivity contribution in [3.8, 4) is 0 Å². The second-order valence-corrected chi connectivity index (χ2v) is 3.88. The predicted octanol–water partition coefficient (Wildman–Crippen LogP) is 0.772. The van der Waals surface area contributed by atoms with Gasteiger partial charge in [0.05, 0.1) is 18.3 Å². The van der Waals surface area contributed by atoms with Gasteiger partial charge in [-0.3, -0.25) is 0 Å². The number of rotatable bonds is 5. The molecule has 0 radical (unpaired) electrons. The molecule has 0 saturated heterocycles. The molecule has 0 aliphatic rings. The Morgan fingerprint density at radius 3 is 2.42 bits per heavy atom. The summed E-state index contributed by atoms with van der Waals surface area (Å²) < 4.78 is 5.40. The van der Waals surface area contributed by atoms with Crippen LogP contribution in [0.2, 0.25) is 0 Å². The third-order valence-corrected chi connectivity index (χ3v) is 1.34. The van der Waals surface area contributed by atoms with Crippen molar-refractivity contribution in [1.29, 1.82) is 0 Å². The first-order chi connectivity index (χ1) is 5.45. The highest BCUT2D eigenvalue weighted by Gasteiger charge is 2.12. The van der Waals surface area contributed by atoms with Crippen LogP contribution in [0.5, 0.6) is 0 Å². The minimum Gasteiger partial charge on any atom is -0.389 e. The number of likely N-dealkylation sites (N-methyl/N-ethyl adjacent to an activating group) is 1. The molecule has 2 N–H and O–H groups in total. The topological polar surface area (TPSA) is 41.5 Å². The van der Waals surface area contributed by atoms with Gasteiger partial charge in [0, 0.05) is 6.54 Å². The summed E-state index contributed by atoms with van der Waals surface area (Å²) in [6, 6.07) is 0. The lowest BCUT2D eigenvalue weighted by Crippen LogP contribution is -2.33. The van der Waals surface area contributed by atoms with E-state index in [9.17, 15) is 5.11 Å². The number of hydrogen-bond donors (Lipinski definition) is 2. The van der Waals surface area contributed by atoms with Crippen LogP contribution in [0.3, 0.4) is 0 Å². The Morgan fingerprint density at radius 2 is 2.00 bits per heavy atom. The van der Waals surface area contributed by atoms with Gasteiger partial charge in [0.1, 0.15) is 0 Å². The van der Waals surface area contributed by atoms with E-state index in [2.05, 4.69) is 5.32 Å². The Morgan fingerprint density at radius 1 is 1.42 bits per heavy atom. The van der Waals surface area contributed by atoms with Crippen LogP contribution in [-0.4, -0.2) is 36.5 Å². The maximum atomic E-state index is 9.36. The van der Waals surface area contributed by atoms with Crippen LogP contribution >= 0.6 is 0 Å². The molecule has 0 aromatic carbocycles. The summed E-state index contributed by atoms with van der Waals surface area (Å²) in [4.78, 5) is 0. The largest absolute Gasteiger partial charge is 0.389 e. The lowest BCUT2D eigenvalue weighted by atomic mass is 10.2. The van der Waals surface area contributed by atoms with Gasteiger partial charge in [0.2, 0.25) is 0 Å². The Kier molecular flexibility index (Phi) is 5.46. The minimum atomic E-state index is -0.399. The normalized spacial score (nSPS) is 14.8. The van der Waals surface area contributed by atoms with Gasteiger partial charge in [-0.2, -0.15) is 0 Å². The lowest BCUT2D eigenvalue weighted by molar-refractivity contribution is -0.0477. The van der Waals surface area contributed by atoms with Crippen molar-refractivity contribution >= 4 is 0 Å². The van der Waals surface area contributed by atoms with Gasteiger partial charge in [0.25, 0.3) is 0 Å². The monoisotopic (exact) mass is 175 g/mol. The van der Waals surface area contributed by atoms with Crippen LogP contribution in [0.15, 0.2) is 0 Å². The van der Waals surface area contributed by atoms with Crippen molar-refractivity contribution in [2.75, 3.05) is 19.7 Å². The average Bonchev–Trinajstić information content (AvgIpc) is 1.95. The third-order valence-electron chi connectivity index (χ3n) is 1.34. The number of aliphatic hydroxyl groups excluding tert-OH is 1. The zero-order valence-electron chi connectivity index (χ0n) is 8.55. The molecule has 0 heterocycles. The van der Waals surface area contributed by atoms with Crippen molar-refractivity contribution in [2.24, 2.45) is 0 Å². The summed E-state index contributed by atoms with van der Waals surface area (Å²) >= 11 is 0. The molecular weight excluding hydrogens is 154 g/mol. The first-order valence-electron chi connectivity index (χ1n) is 4.48. The second kappa shape index (κ2) is 5.51. The summed E-state index contributed by atoms with van der Waals surface area (Å²) in [5.74, 6) is 0. The molecule has 12 heavy (non-hydrogen) atoms. The van der Waals surface area contributed by atoms with Crippen molar-refractivity contribution in [2.45, 2.75) is 39.4 Å². The van der Waals surface area contributed by atoms with E-state index in [1.165, 1.54) is 0 Å². The third kappa shape index (κ3) is 7.98. The standard InChI is InChI=1S/C9H21NO2/c1-5-10-6-8(11)7-12-9(2,3)4/h8,10-11H,5-7H2,1-4H3. The maximum Gasteiger partial charge on any atom is 0.0897 e. The van der Waals surface area contributed by atoms with E-state index in [0.29, 0.717) is 13.2 Å². The molecule has 0 rings (SSSR count). The molecule has 1 atom stereocenters. The van der Waals surface area contributed by atoms with E-state index < -0.39 is 6.10 Å². The average molecular weight is 175 g/mol. The van der Waals surface area contributed by atoms with Gasteiger partial charge < -0.3 is 15.2 Å². The van der Waals surface area contributed by atoms with Gasteiger partial charge in [-0.25, -0.2) is 0 Å². The van der Waals surface area contributed by atoms with Crippen molar-refractivity contribution in [3.05, 3.63) is 0 Å². The first kappa shape index (κ1) is 11.9. The fraction of sp³-hybridized carbons (Fsp3) is 1.00. The zero-order chi connectivity index (χ0) is 9.61. The van der Waals surface area contributed by atoms with Crippen LogP contribution in [0, 0.1) is 0 Å².